The summed E-state index contributed by atoms with van der Waals surface area (Å²) in [6.07, 6.45) is 6.43. The van der Waals surface area contributed by atoms with Gasteiger partial charge in [-0.15, -0.1) is 0 Å². The molecule has 2 rings (SSSR count). The monoisotopic (exact) mass is 349 g/mol. The molecular formula is C18H24ClN3O2. The lowest BCUT2D eigenvalue weighted by atomic mass is 10.2. The van der Waals surface area contributed by atoms with Crippen molar-refractivity contribution in [2.75, 3.05) is 27.2 Å². The maximum Gasteiger partial charge on any atom is 0.365 e. The number of hydrogen-bond acceptors (Lipinski definition) is 5. The summed E-state index contributed by atoms with van der Waals surface area (Å²) < 4.78 is 5.24. The zero-order valence-electron chi connectivity index (χ0n) is 14.2. The lowest BCUT2D eigenvalue weighted by molar-refractivity contribution is -0.130. The highest BCUT2D eigenvalue weighted by atomic mass is 35.5. The molecule has 0 aliphatic carbocycles. The molecule has 1 aromatic carbocycles. The first-order chi connectivity index (χ1) is 11.6. The molecule has 1 aliphatic heterocycles. The second kappa shape index (κ2) is 9.45. The summed E-state index contributed by atoms with van der Waals surface area (Å²) >= 11 is 5.86. The Bertz CT molecular complexity index is 611. The summed E-state index contributed by atoms with van der Waals surface area (Å²) in [5, 5.41) is 3.78. The van der Waals surface area contributed by atoms with Crippen molar-refractivity contribution in [2.24, 2.45) is 4.99 Å². The van der Waals surface area contributed by atoms with E-state index in [4.69, 9.17) is 16.3 Å². The molecular weight excluding hydrogens is 326 g/mol. The molecule has 0 spiro atoms. The minimum atomic E-state index is -0.416. The van der Waals surface area contributed by atoms with Gasteiger partial charge >= 0.3 is 5.97 Å². The number of unbranched alkanes of at least 4 members (excludes halogenated alkanes) is 3. The number of aliphatic imine (C=N–C) groups is 1. The molecule has 1 aliphatic rings. The van der Waals surface area contributed by atoms with Crippen LogP contribution < -0.4 is 5.32 Å². The number of carbonyl (C=O) groups is 1. The highest BCUT2D eigenvalue weighted by Gasteiger charge is 2.24. The number of hydrogen-bond donors (Lipinski definition) is 1. The number of ether oxygens (including phenoxy) is 1. The summed E-state index contributed by atoms with van der Waals surface area (Å²) in [4.78, 5) is 18.2. The van der Waals surface area contributed by atoms with Gasteiger partial charge in [-0.3, -0.25) is 0 Å². The van der Waals surface area contributed by atoms with Gasteiger partial charge in [0.2, 0.25) is 5.90 Å². The van der Waals surface area contributed by atoms with Gasteiger partial charge in [-0.05, 0) is 50.7 Å². The van der Waals surface area contributed by atoms with Gasteiger partial charge in [0.1, 0.15) is 0 Å². The number of carbonyl (C=O) groups excluding carboxylic acids is 1. The van der Waals surface area contributed by atoms with Crippen LogP contribution in [0.4, 0.5) is 0 Å². The van der Waals surface area contributed by atoms with Crippen molar-refractivity contribution in [3.05, 3.63) is 46.7 Å². The van der Waals surface area contributed by atoms with Gasteiger partial charge in [0.25, 0.3) is 0 Å². The van der Waals surface area contributed by atoms with Crippen LogP contribution in [0.25, 0.3) is 0 Å². The Morgan fingerprint density at radius 1 is 1.21 bits per heavy atom. The third-order valence-corrected chi connectivity index (χ3v) is 3.99. The Kier molecular flexibility index (Phi) is 7.28. The molecule has 1 N–H and O–H groups in total. The molecule has 0 radical (unpaired) electrons. The molecule has 5 nitrogen and oxygen atoms in total. The summed E-state index contributed by atoms with van der Waals surface area (Å²) in [6.45, 7) is 1.95. The van der Waals surface area contributed by atoms with Crippen LogP contribution >= 0.6 is 11.6 Å². The Hall–Kier alpha value is -1.85. The fraction of sp³-hybridized carbons (Fsp3) is 0.444. The van der Waals surface area contributed by atoms with Crippen molar-refractivity contribution in [3.63, 3.8) is 0 Å². The normalized spacial score (nSPS) is 15.5. The molecule has 6 heteroatoms. The van der Waals surface area contributed by atoms with Crippen LogP contribution in [0.2, 0.25) is 5.02 Å². The fourth-order valence-electron chi connectivity index (χ4n) is 2.41. The van der Waals surface area contributed by atoms with Crippen molar-refractivity contribution in [3.8, 4) is 0 Å². The molecule has 1 heterocycles. The van der Waals surface area contributed by atoms with E-state index in [0.29, 0.717) is 16.6 Å². The van der Waals surface area contributed by atoms with E-state index >= 15 is 0 Å². The van der Waals surface area contributed by atoms with Crippen LogP contribution in [0.1, 0.15) is 31.2 Å². The molecule has 0 saturated heterocycles. The quantitative estimate of drug-likeness (QED) is 0.422. The molecule has 0 bridgehead atoms. The van der Waals surface area contributed by atoms with Crippen LogP contribution in [0, 0.1) is 0 Å². The van der Waals surface area contributed by atoms with Crippen molar-refractivity contribution < 1.29 is 9.53 Å². The Morgan fingerprint density at radius 2 is 1.92 bits per heavy atom. The van der Waals surface area contributed by atoms with Crippen LogP contribution in [0.3, 0.4) is 0 Å². The number of cyclic esters (lactones) is 1. The van der Waals surface area contributed by atoms with Gasteiger partial charge in [-0.25, -0.2) is 9.79 Å². The van der Waals surface area contributed by atoms with Crippen molar-refractivity contribution in [1.29, 1.82) is 0 Å². The summed E-state index contributed by atoms with van der Waals surface area (Å²) in [5.74, 6) is -0.0933. The minimum Gasteiger partial charge on any atom is -0.402 e. The average molecular weight is 350 g/mol. The van der Waals surface area contributed by atoms with Gasteiger partial charge in [-0.2, -0.15) is 0 Å². The Morgan fingerprint density at radius 3 is 2.62 bits per heavy atom. The number of halogens is 1. The van der Waals surface area contributed by atoms with E-state index in [0.717, 1.165) is 25.1 Å². The van der Waals surface area contributed by atoms with Crippen molar-refractivity contribution in [2.45, 2.75) is 25.7 Å². The van der Waals surface area contributed by atoms with Gasteiger partial charge in [-0.1, -0.05) is 24.4 Å². The van der Waals surface area contributed by atoms with Crippen molar-refractivity contribution in [1.82, 2.24) is 10.2 Å². The van der Waals surface area contributed by atoms with E-state index < -0.39 is 5.97 Å². The predicted octanol–water partition coefficient (Wildman–Crippen LogP) is 3.20. The molecule has 0 aromatic heterocycles. The summed E-state index contributed by atoms with van der Waals surface area (Å²) in [5.41, 5.74) is 1.07. The fourth-order valence-corrected chi connectivity index (χ4v) is 2.53. The van der Waals surface area contributed by atoms with E-state index in [1.165, 1.54) is 19.3 Å². The zero-order chi connectivity index (χ0) is 17.4. The molecule has 130 valence electrons. The number of rotatable bonds is 9. The third-order valence-electron chi connectivity index (χ3n) is 3.74. The zero-order valence-corrected chi connectivity index (χ0v) is 15.0. The van der Waals surface area contributed by atoms with Gasteiger partial charge in [0.15, 0.2) is 5.70 Å². The number of nitrogens with one attached hydrogen (secondary N) is 1. The first kappa shape index (κ1) is 18.5. The van der Waals surface area contributed by atoms with Gasteiger partial charge in [0.05, 0.1) is 0 Å². The molecule has 0 unspecified atom stereocenters. The molecule has 0 amide bonds. The average Bonchev–Trinajstić information content (AvgIpc) is 2.92. The second-order valence-electron chi connectivity index (χ2n) is 5.83. The van der Waals surface area contributed by atoms with E-state index in [2.05, 4.69) is 10.3 Å². The first-order valence-corrected chi connectivity index (χ1v) is 8.61. The highest BCUT2D eigenvalue weighted by Crippen LogP contribution is 2.18. The molecule has 0 fully saturated rings. The lowest BCUT2D eigenvalue weighted by Gasteiger charge is -2.13. The third kappa shape index (κ3) is 5.65. The SMILES string of the molecule is CNCCCCCCN(C)C=C1N=C(c2ccc(Cl)cc2)OC1=O. The van der Waals surface area contributed by atoms with Gasteiger partial charge < -0.3 is 15.0 Å². The van der Waals surface area contributed by atoms with Crippen molar-refractivity contribution >= 4 is 23.5 Å². The predicted molar refractivity (Wildman–Crippen MR) is 97.2 cm³/mol. The maximum atomic E-state index is 11.9. The molecule has 1 aromatic rings. The standard InChI is InChI=1S/C18H24ClN3O2/c1-20-11-5-3-4-6-12-22(2)13-16-18(23)24-17(21-16)14-7-9-15(19)10-8-14/h7-10,13,20H,3-6,11-12H2,1-2H3. The van der Waals surface area contributed by atoms with E-state index in [-0.39, 0.29) is 0 Å². The smallest absolute Gasteiger partial charge is 0.365 e. The topological polar surface area (TPSA) is 53.9 Å². The Labute approximate surface area is 148 Å². The van der Waals surface area contributed by atoms with E-state index in [9.17, 15) is 4.79 Å². The van der Waals surface area contributed by atoms with Crippen LogP contribution in [-0.4, -0.2) is 44.0 Å². The van der Waals surface area contributed by atoms with E-state index in [1.54, 1.807) is 30.5 Å². The van der Waals surface area contributed by atoms with Crippen LogP contribution in [-0.2, 0) is 9.53 Å². The largest absolute Gasteiger partial charge is 0.402 e. The number of benzene rings is 1. The lowest BCUT2D eigenvalue weighted by Crippen LogP contribution is -2.14. The van der Waals surface area contributed by atoms with Gasteiger partial charge in [0, 0.05) is 30.4 Å². The number of nitrogens with zero attached hydrogens (tertiary/aromatic N) is 2. The molecule has 0 atom stereocenters. The minimum absolute atomic E-state index is 0.323. The maximum absolute atomic E-state index is 11.9. The summed E-state index contributed by atoms with van der Waals surface area (Å²) in [7, 11) is 3.92. The van der Waals surface area contributed by atoms with E-state index in [1.807, 2.05) is 19.0 Å². The second-order valence-corrected chi connectivity index (χ2v) is 6.26. The highest BCUT2D eigenvalue weighted by molar-refractivity contribution is 6.30. The molecule has 24 heavy (non-hydrogen) atoms. The molecule has 0 saturated carbocycles. The van der Waals surface area contributed by atoms with Crippen LogP contribution in [0.15, 0.2) is 41.2 Å². The number of esters is 1. The Balaban J connectivity index is 1.87. The first-order valence-electron chi connectivity index (χ1n) is 8.23. The van der Waals surface area contributed by atoms with Crippen LogP contribution in [0.5, 0.6) is 0 Å². The summed E-state index contributed by atoms with van der Waals surface area (Å²) in [6, 6.07) is 7.06.